The zero-order chi connectivity index (χ0) is 25.1. The van der Waals surface area contributed by atoms with Crippen molar-refractivity contribution in [2.45, 2.75) is 52.0 Å². The Kier molecular flexibility index (Phi) is 7.80. The minimum Gasteiger partial charge on any atom is -0.385 e. The maximum absolute atomic E-state index is 13.3. The molecule has 0 aliphatic carbocycles. The number of aromatic nitrogens is 1. The first-order valence-corrected chi connectivity index (χ1v) is 13.4. The van der Waals surface area contributed by atoms with E-state index in [9.17, 15) is 13.2 Å². The van der Waals surface area contributed by atoms with Crippen LogP contribution in [0.1, 0.15) is 41.5 Å². The molecule has 7 nitrogen and oxygen atoms in total. The van der Waals surface area contributed by atoms with Crippen LogP contribution in [0.4, 0.5) is 11.4 Å². The van der Waals surface area contributed by atoms with E-state index >= 15 is 0 Å². The quantitative estimate of drug-likeness (QED) is 0.375. The fourth-order valence-electron chi connectivity index (χ4n) is 3.27. The van der Waals surface area contributed by atoms with Crippen LogP contribution in [0, 0.1) is 5.92 Å². The number of carbonyl (C=O) groups excluding carboxylic acids is 1. The van der Waals surface area contributed by atoms with Crippen molar-refractivity contribution in [3.8, 4) is 21.0 Å². The van der Waals surface area contributed by atoms with E-state index in [1.165, 1.54) is 24.3 Å². The summed E-state index contributed by atoms with van der Waals surface area (Å²) < 4.78 is 29.2. The van der Waals surface area contributed by atoms with Crippen molar-refractivity contribution in [1.82, 2.24) is 9.71 Å². The lowest BCUT2D eigenvalue weighted by Gasteiger charge is -2.22. The van der Waals surface area contributed by atoms with Gasteiger partial charge in [0.05, 0.1) is 9.77 Å². The molecule has 34 heavy (non-hydrogen) atoms. The van der Waals surface area contributed by atoms with Gasteiger partial charge in [-0.3, -0.25) is 4.79 Å². The molecule has 1 heterocycles. The van der Waals surface area contributed by atoms with Gasteiger partial charge in [0.1, 0.15) is 5.01 Å². The molecule has 0 fully saturated rings. The van der Waals surface area contributed by atoms with Gasteiger partial charge in [-0.1, -0.05) is 19.9 Å². The van der Waals surface area contributed by atoms with E-state index in [2.05, 4.69) is 34.2 Å². The minimum absolute atomic E-state index is 0.0945. The summed E-state index contributed by atoms with van der Waals surface area (Å²) in [7, 11) is -3.86. The molecule has 1 amide bonds. The van der Waals surface area contributed by atoms with Crippen molar-refractivity contribution in [2.75, 3.05) is 17.2 Å². The number of anilines is 2. The predicted octanol–water partition coefficient (Wildman–Crippen LogP) is 5.58. The number of thiazole rings is 1. The Balaban J connectivity index is 1.98. The fourth-order valence-corrected chi connectivity index (χ4v) is 5.96. The monoisotopic (exact) mass is 500 g/mol. The van der Waals surface area contributed by atoms with Crippen molar-refractivity contribution in [2.24, 2.45) is 5.92 Å². The first-order valence-electron chi connectivity index (χ1n) is 11.1. The Hall–Kier alpha value is -2.75. The van der Waals surface area contributed by atoms with Crippen LogP contribution < -0.4 is 15.4 Å². The number of hydrogen-bond donors (Lipinski definition) is 3. The number of carbonyl (C=O) groups is 1. The van der Waals surface area contributed by atoms with Crippen LogP contribution in [0.15, 0.2) is 53.6 Å². The highest BCUT2D eigenvalue weighted by atomic mass is 32.2. The average molecular weight is 501 g/mol. The van der Waals surface area contributed by atoms with Crippen LogP contribution >= 0.6 is 11.3 Å². The molecule has 0 bridgehead atoms. The Labute approximate surface area is 206 Å². The fraction of sp³-hybridized carbons (Fsp3) is 0.360. The smallest absolute Gasteiger partial charge is 0.241 e. The lowest BCUT2D eigenvalue weighted by Crippen LogP contribution is -2.40. The zero-order valence-electron chi connectivity index (χ0n) is 20.4. The van der Waals surface area contributed by atoms with Gasteiger partial charge in [-0.25, -0.2) is 18.1 Å². The molecule has 0 saturated carbocycles. The molecular formula is C25H32N4O3S2. The molecule has 0 atom stereocenters. The third kappa shape index (κ3) is 6.88. The van der Waals surface area contributed by atoms with Gasteiger partial charge in [0.2, 0.25) is 15.9 Å². The lowest BCUT2D eigenvalue weighted by atomic mass is 10.1. The SMILES string of the molecule is CC(=O)Nc1ccc(-c2cnc(-c3ccc(NCC(C)C)cc3)s2)c(S(=O)(=O)NC(C)(C)C)c1. The van der Waals surface area contributed by atoms with Crippen molar-refractivity contribution < 1.29 is 13.2 Å². The molecule has 0 saturated heterocycles. The summed E-state index contributed by atoms with van der Waals surface area (Å²) in [6.07, 6.45) is 1.69. The van der Waals surface area contributed by atoms with E-state index in [1.54, 1.807) is 39.1 Å². The molecule has 0 aliphatic heterocycles. The second-order valence-electron chi connectivity index (χ2n) is 9.63. The summed E-state index contributed by atoms with van der Waals surface area (Å²) in [5.41, 5.74) is 2.29. The van der Waals surface area contributed by atoms with Crippen LogP contribution in [-0.2, 0) is 14.8 Å². The van der Waals surface area contributed by atoms with Crippen LogP contribution in [0.3, 0.4) is 0 Å². The maximum Gasteiger partial charge on any atom is 0.241 e. The van der Waals surface area contributed by atoms with E-state index < -0.39 is 15.6 Å². The number of nitrogens with one attached hydrogen (secondary N) is 3. The first-order chi connectivity index (χ1) is 15.8. The number of sulfonamides is 1. The number of nitrogens with zero attached hydrogens (tertiary/aromatic N) is 1. The van der Waals surface area contributed by atoms with Crippen molar-refractivity contribution in [3.63, 3.8) is 0 Å². The molecule has 182 valence electrons. The number of rotatable bonds is 8. The van der Waals surface area contributed by atoms with E-state index in [-0.39, 0.29) is 10.8 Å². The number of amides is 1. The van der Waals surface area contributed by atoms with Gasteiger partial charge >= 0.3 is 0 Å². The van der Waals surface area contributed by atoms with Crippen LogP contribution in [0.5, 0.6) is 0 Å². The summed E-state index contributed by atoms with van der Waals surface area (Å²) in [4.78, 5) is 16.9. The van der Waals surface area contributed by atoms with Crippen molar-refractivity contribution in [1.29, 1.82) is 0 Å². The van der Waals surface area contributed by atoms with E-state index in [0.717, 1.165) is 27.7 Å². The molecule has 0 unspecified atom stereocenters. The number of benzene rings is 2. The molecule has 1 aromatic heterocycles. The summed E-state index contributed by atoms with van der Waals surface area (Å²) in [6, 6.07) is 12.9. The summed E-state index contributed by atoms with van der Waals surface area (Å²) >= 11 is 1.42. The highest BCUT2D eigenvalue weighted by Gasteiger charge is 2.26. The highest BCUT2D eigenvalue weighted by molar-refractivity contribution is 7.89. The van der Waals surface area contributed by atoms with Crippen LogP contribution in [0.2, 0.25) is 0 Å². The Morgan fingerprint density at radius 3 is 2.29 bits per heavy atom. The molecule has 3 rings (SSSR count). The van der Waals surface area contributed by atoms with Gasteiger partial charge < -0.3 is 10.6 Å². The van der Waals surface area contributed by atoms with Crippen molar-refractivity contribution >= 4 is 38.6 Å². The zero-order valence-corrected chi connectivity index (χ0v) is 22.0. The van der Waals surface area contributed by atoms with Gasteiger partial charge in [-0.05, 0) is 63.1 Å². The summed E-state index contributed by atoms with van der Waals surface area (Å²) in [5, 5.41) is 6.85. The van der Waals surface area contributed by atoms with Gasteiger partial charge in [0, 0.05) is 47.7 Å². The van der Waals surface area contributed by atoms with Gasteiger partial charge in [0.25, 0.3) is 0 Å². The Bertz CT molecular complexity index is 1260. The highest BCUT2D eigenvalue weighted by Crippen LogP contribution is 2.37. The van der Waals surface area contributed by atoms with Gasteiger partial charge in [-0.2, -0.15) is 0 Å². The molecule has 9 heteroatoms. The van der Waals surface area contributed by atoms with E-state index in [0.29, 0.717) is 17.2 Å². The second kappa shape index (κ2) is 10.2. The maximum atomic E-state index is 13.3. The topological polar surface area (TPSA) is 100 Å². The molecule has 3 N–H and O–H groups in total. The Morgan fingerprint density at radius 2 is 1.71 bits per heavy atom. The summed E-state index contributed by atoms with van der Waals surface area (Å²) in [6.45, 7) is 12.0. The minimum atomic E-state index is -3.86. The molecule has 0 spiro atoms. The first kappa shape index (κ1) is 25.9. The standard InChI is InChI=1S/C25H32N4O3S2/c1-16(2)14-26-19-9-7-18(8-10-19)24-27-15-22(33-24)21-12-11-20(28-17(3)30)13-23(21)34(31,32)29-25(4,5)6/h7-13,15-16,26,29H,14H2,1-6H3,(H,28,30). The molecule has 2 aromatic carbocycles. The number of hydrogen-bond acceptors (Lipinski definition) is 6. The van der Waals surface area contributed by atoms with Gasteiger partial charge in [-0.15, -0.1) is 11.3 Å². The predicted molar refractivity (Wildman–Crippen MR) is 141 cm³/mol. The van der Waals surface area contributed by atoms with E-state index in [1.807, 2.05) is 24.3 Å². The molecular weight excluding hydrogens is 468 g/mol. The third-order valence-electron chi connectivity index (χ3n) is 4.65. The molecule has 3 aromatic rings. The molecule has 0 radical (unpaired) electrons. The largest absolute Gasteiger partial charge is 0.385 e. The van der Waals surface area contributed by atoms with Crippen LogP contribution in [0.25, 0.3) is 21.0 Å². The third-order valence-corrected chi connectivity index (χ3v) is 7.53. The molecule has 0 aliphatic rings. The van der Waals surface area contributed by atoms with E-state index in [4.69, 9.17) is 0 Å². The summed E-state index contributed by atoms with van der Waals surface area (Å²) in [5.74, 6) is 0.280. The average Bonchev–Trinajstić information content (AvgIpc) is 3.20. The normalized spacial score (nSPS) is 12.1. The second-order valence-corrected chi connectivity index (χ2v) is 12.3. The Morgan fingerprint density at radius 1 is 1.06 bits per heavy atom. The van der Waals surface area contributed by atoms with Crippen molar-refractivity contribution in [3.05, 3.63) is 48.7 Å². The van der Waals surface area contributed by atoms with Gasteiger partial charge in [0.15, 0.2) is 0 Å². The van der Waals surface area contributed by atoms with Crippen LogP contribution in [-0.4, -0.2) is 31.4 Å². The lowest BCUT2D eigenvalue weighted by molar-refractivity contribution is -0.114.